The first-order valence-corrected chi connectivity index (χ1v) is 13.7. The Kier molecular flexibility index (Phi) is 8.67. The first-order valence-electron chi connectivity index (χ1n) is 13.7. The van der Waals surface area contributed by atoms with Gasteiger partial charge in [-0.2, -0.15) is 0 Å². The maximum Gasteiger partial charge on any atom is 0.258 e. The van der Waals surface area contributed by atoms with Gasteiger partial charge in [0.15, 0.2) is 0 Å². The lowest BCUT2D eigenvalue weighted by atomic mass is 9.98. The van der Waals surface area contributed by atoms with Gasteiger partial charge >= 0.3 is 0 Å². The number of amides is 1. The fourth-order valence-corrected chi connectivity index (χ4v) is 4.85. The number of hydrogen-bond donors (Lipinski definition) is 1. The lowest BCUT2D eigenvalue weighted by molar-refractivity contribution is 0.0746. The van der Waals surface area contributed by atoms with Crippen LogP contribution in [0.4, 0.5) is 0 Å². The minimum atomic E-state index is -0.0893. The van der Waals surface area contributed by atoms with Crippen LogP contribution >= 0.6 is 0 Å². The van der Waals surface area contributed by atoms with Crippen LogP contribution in [0.25, 0.3) is 0 Å². The Hall–Kier alpha value is -4.29. The molecule has 0 atom stereocenters. The van der Waals surface area contributed by atoms with E-state index in [1.807, 2.05) is 95.9 Å². The van der Waals surface area contributed by atoms with Crippen molar-refractivity contribution in [1.82, 2.24) is 4.90 Å². The van der Waals surface area contributed by atoms with E-state index in [2.05, 4.69) is 13.8 Å². The van der Waals surface area contributed by atoms with Crippen molar-refractivity contribution in [3.05, 3.63) is 124 Å². The Morgan fingerprint density at radius 3 is 2.02 bits per heavy atom. The molecule has 0 unspecified atom stereocenters. The summed E-state index contributed by atoms with van der Waals surface area (Å²) in [5, 5.41) is 9.08. The van der Waals surface area contributed by atoms with Gasteiger partial charge < -0.3 is 24.2 Å². The van der Waals surface area contributed by atoms with E-state index >= 15 is 0 Å². The highest BCUT2D eigenvalue weighted by atomic mass is 16.5. The number of aliphatic hydroxyl groups is 1. The maximum atomic E-state index is 14.0. The third kappa shape index (κ3) is 6.46. The quantitative estimate of drug-likeness (QED) is 0.237. The molecular formula is C34H35NO5. The summed E-state index contributed by atoms with van der Waals surface area (Å²) in [6, 6.07) is 29.6. The molecule has 0 bridgehead atoms. The summed E-state index contributed by atoms with van der Waals surface area (Å²) in [6.07, 6.45) is 0. The van der Waals surface area contributed by atoms with Crippen LogP contribution in [-0.2, 0) is 26.3 Å². The zero-order valence-corrected chi connectivity index (χ0v) is 23.0. The Balaban J connectivity index is 1.44. The van der Waals surface area contributed by atoms with E-state index in [-0.39, 0.29) is 25.0 Å². The number of hydrogen-bond acceptors (Lipinski definition) is 5. The highest BCUT2D eigenvalue weighted by Gasteiger charge is 2.28. The van der Waals surface area contributed by atoms with Gasteiger partial charge in [-0.3, -0.25) is 4.79 Å². The van der Waals surface area contributed by atoms with E-state index in [1.165, 1.54) is 0 Å². The van der Waals surface area contributed by atoms with Crippen LogP contribution in [0.5, 0.6) is 17.2 Å². The number of carbonyl (C=O) groups is 1. The molecule has 0 saturated heterocycles. The number of benzene rings is 4. The van der Waals surface area contributed by atoms with Gasteiger partial charge in [-0.05, 0) is 51.9 Å². The molecule has 0 saturated carbocycles. The Bertz CT molecular complexity index is 1440. The summed E-state index contributed by atoms with van der Waals surface area (Å²) in [4.78, 5) is 15.8. The summed E-state index contributed by atoms with van der Waals surface area (Å²) in [5.41, 5.74) is 5.70. The van der Waals surface area contributed by atoms with Crippen molar-refractivity contribution in [3.8, 4) is 17.2 Å². The molecule has 40 heavy (non-hydrogen) atoms. The summed E-state index contributed by atoms with van der Waals surface area (Å²) in [7, 11) is 0. The third-order valence-electron chi connectivity index (χ3n) is 6.99. The zero-order chi connectivity index (χ0) is 27.9. The topological polar surface area (TPSA) is 68.2 Å². The standard InChI is InChI=1S/C34H35NO5/c1-24(2)30-18-31(34(37)35-20-27-13-14-29(38-16-15-36)17-28(27)21-35)33(40-23-26-11-7-4-8-12-26)19-32(30)39-22-25-9-5-3-6-10-25/h3-14,17-19,24,36H,15-16,20-23H2,1-2H3. The molecule has 4 aromatic carbocycles. The highest BCUT2D eigenvalue weighted by molar-refractivity contribution is 5.98. The fraction of sp³-hybridized carbons (Fsp3) is 0.265. The summed E-state index contributed by atoms with van der Waals surface area (Å²) in [5.74, 6) is 1.96. The van der Waals surface area contributed by atoms with E-state index < -0.39 is 0 Å². The minimum absolute atomic E-state index is 0.0449. The van der Waals surface area contributed by atoms with Gasteiger partial charge in [-0.25, -0.2) is 0 Å². The maximum absolute atomic E-state index is 14.0. The largest absolute Gasteiger partial charge is 0.491 e. The van der Waals surface area contributed by atoms with Crippen molar-refractivity contribution in [2.45, 2.75) is 46.1 Å². The fourth-order valence-electron chi connectivity index (χ4n) is 4.85. The van der Waals surface area contributed by atoms with Crippen LogP contribution in [0.3, 0.4) is 0 Å². The Morgan fingerprint density at radius 1 is 0.775 bits per heavy atom. The molecule has 206 valence electrons. The van der Waals surface area contributed by atoms with E-state index in [9.17, 15) is 4.79 Å². The molecule has 1 N–H and O–H groups in total. The second-order valence-electron chi connectivity index (χ2n) is 10.3. The normalized spacial score (nSPS) is 12.3. The van der Waals surface area contributed by atoms with Crippen LogP contribution in [-0.4, -0.2) is 29.1 Å². The minimum Gasteiger partial charge on any atom is -0.491 e. The zero-order valence-electron chi connectivity index (χ0n) is 23.0. The van der Waals surface area contributed by atoms with Crippen molar-refractivity contribution >= 4 is 5.91 Å². The second kappa shape index (κ2) is 12.7. The molecule has 1 aliphatic heterocycles. The van der Waals surface area contributed by atoms with Gasteiger partial charge in [0.25, 0.3) is 5.91 Å². The molecule has 4 aromatic rings. The molecule has 6 heteroatoms. The van der Waals surface area contributed by atoms with E-state index in [0.717, 1.165) is 27.8 Å². The van der Waals surface area contributed by atoms with Crippen molar-refractivity contribution < 1.29 is 24.1 Å². The second-order valence-corrected chi connectivity index (χ2v) is 10.3. The van der Waals surface area contributed by atoms with E-state index in [4.69, 9.17) is 19.3 Å². The van der Waals surface area contributed by atoms with Crippen LogP contribution in [0.1, 0.15) is 57.9 Å². The van der Waals surface area contributed by atoms with Crippen molar-refractivity contribution in [2.75, 3.05) is 13.2 Å². The van der Waals surface area contributed by atoms with Crippen molar-refractivity contribution in [2.24, 2.45) is 0 Å². The van der Waals surface area contributed by atoms with Crippen LogP contribution < -0.4 is 14.2 Å². The third-order valence-corrected chi connectivity index (χ3v) is 6.99. The Labute approximate surface area is 235 Å². The van der Waals surface area contributed by atoms with Crippen LogP contribution in [0, 0.1) is 0 Å². The van der Waals surface area contributed by atoms with Gasteiger partial charge in [0.05, 0.1) is 12.2 Å². The van der Waals surface area contributed by atoms with Crippen LogP contribution in [0.15, 0.2) is 91.0 Å². The average molecular weight is 538 g/mol. The number of carbonyl (C=O) groups excluding carboxylic acids is 1. The molecule has 6 nitrogen and oxygen atoms in total. The lowest BCUT2D eigenvalue weighted by Crippen LogP contribution is -2.26. The first-order chi connectivity index (χ1) is 19.5. The number of nitrogens with zero attached hydrogens (tertiary/aromatic N) is 1. The van der Waals surface area contributed by atoms with Gasteiger partial charge in [0.1, 0.15) is 37.1 Å². The van der Waals surface area contributed by atoms with E-state index in [1.54, 1.807) is 0 Å². The van der Waals surface area contributed by atoms with Crippen LogP contribution in [0.2, 0.25) is 0 Å². The predicted octanol–water partition coefficient (Wildman–Crippen LogP) is 6.50. The molecule has 0 aromatic heterocycles. The predicted molar refractivity (Wildman–Crippen MR) is 155 cm³/mol. The molecule has 1 amide bonds. The summed E-state index contributed by atoms with van der Waals surface area (Å²) < 4.78 is 18.2. The molecule has 1 aliphatic rings. The Morgan fingerprint density at radius 2 is 1.40 bits per heavy atom. The average Bonchev–Trinajstić information content (AvgIpc) is 3.42. The number of rotatable bonds is 11. The molecule has 0 radical (unpaired) electrons. The highest BCUT2D eigenvalue weighted by Crippen LogP contribution is 2.37. The van der Waals surface area contributed by atoms with Crippen molar-refractivity contribution in [3.63, 3.8) is 0 Å². The van der Waals surface area contributed by atoms with Gasteiger partial charge in [0, 0.05) is 19.2 Å². The molecule has 5 rings (SSSR count). The monoisotopic (exact) mass is 537 g/mol. The van der Waals surface area contributed by atoms with Gasteiger partial charge in [0.2, 0.25) is 0 Å². The first kappa shape index (κ1) is 27.3. The molecule has 0 spiro atoms. The van der Waals surface area contributed by atoms with E-state index in [0.29, 0.717) is 49.1 Å². The molecule has 1 heterocycles. The summed E-state index contributed by atoms with van der Waals surface area (Å²) in [6.45, 7) is 6.14. The smallest absolute Gasteiger partial charge is 0.258 e. The number of fused-ring (bicyclic) bond motifs is 1. The lowest BCUT2D eigenvalue weighted by Gasteiger charge is -2.22. The van der Waals surface area contributed by atoms with Gasteiger partial charge in [-0.15, -0.1) is 0 Å². The van der Waals surface area contributed by atoms with Crippen molar-refractivity contribution in [1.29, 1.82) is 0 Å². The number of ether oxygens (including phenoxy) is 3. The number of aliphatic hydroxyl groups excluding tert-OH is 1. The molecule has 0 fully saturated rings. The molecular weight excluding hydrogens is 502 g/mol. The molecule has 0 aliphatic carbocycles. The SMILES string of the molecule is CC(C)c1cc(C(=O)N2Cc3ccc(OCCO)cc3C2)c(OCc2ccccc2)cc1OCc1ccccc1. The van der Waals surface area contributed by atoms with Gasteiger partial charge in [-0.1, -0.05) is 80.6 Å². The summed E-state index contributed by atoms with van der Waals surface area (Å²) >= 11 is 0.